The summed E-state index contributed by atoms with van der Waals surface area (Å²) in [5, 5.41) is 9.11. The Morgan fingerprint density at radius 3 is 2.96 bits per heavy atom. The molecule has 1 rings (SSSR count). The third-order valence-corrected chi connectivity index (χ3v) is 3.41. The van der Waals surface area contributed by atoms with Gasteiger partial charge in [0.25, 0.3) is 0 Å². The summed E-state index contributed by atoms with van der Waals surface area (Å²) in [6.45, 7) is 3.18. The maximum Gasteiger partial charge on any atom is 0.316 e. The first-order valence-electron chi connectivity index (χ1n) is 7.65. The number of ether oxygens (including phenoxy) is 1. The lowest BCUT2D eigenvalue weighted by molar-refractivity contribution is 0.317. The number of nitriles is 1. The fraction of sp³-hybridized carbons (Fsp3) is 0.500. The van der Waals surface area contributed by atoms with Crippen LogP contribution in [0.5, 0.6) is 6.01 Å². The van der Waals surface area contributed by atoms with E-state index < -0.39 is 5.92 Å². The zero-order valence-electron chi connectivity index (χ0n) is 13.4. The van der Waals surface area contributed by atoms with Gasteiger partial charge in [0.15, 0.2) is 0 Å². The van der Waals surface area contributed by atoms with Crippen molar-refractivity contribution in [1.82, 2.24) is 9.97 Å². The van der Waals surface area contributed by atoms with Gasteiger partial charge in [0, 0.05) is 6.20 Å². The molecule has 4 N–H and O–H groups in total. The molecule has 0 fully saturated rings. The second kappa shape index (κ2) is 10.6. The number of thiocarbonyl (C=S) groups is 1. The third kappa shape index (κ3) is 6.72. The SMILES string of the molecule is CCCC=C(CCCN)COc1nccc(C(C#N)C(N)=S)n1. The van der Waals surface area contributed by atoms with Crippen LogP contribution in [0.15, 0.2) is 23.9 Å². The molecule has 0 aliphatic rings. The molecule has 1 unspecified atom stereocenters. The number of hydrogen-bond donors (Lipinski definition) is 2. The maximum absolute atomic E-state index is 9.11. The Bertz CT molecular complexity index is 582. The van der Waals surface area contributed by atoms with Crippen LogP contribution in [0, 0.1) is 11.3 Å². The van der Waals surface area contributed by atoms with Crippen molar-refractivity contribution < 1.29 is 4.74 Å². The lowest BCUT2D eigenvalue weighted by Gasteiger charge is -2.11. The minimum absolute atomic E-state index is 0.0867. The normalized spacial score (nSPS) is 12.5. The standard InChI is InChI=1S/C16H23N5OS/c1-2-3-5-12(6-4-8-17)11-22-16-20-9-7-14(21-16)13(10-18)15(19)23/h5,7,9,13H,2-4,6,8,11,17H2,1H3,(H2,19,23). The summed E-state index contributed by atoms with van der Waals surface area (Å²) < 4.78 is 5.65. The molecule has 0 saturated carbocycles. The second-order valence-electron chi connectivity index (χ2n) is 5.06. The summed E-state index contributed by atoms with van der Waals surface area (Å²) >= 11 is 4.88. The zero-order valence-corrected chi connectivity index (χ0v) is 14.2. The van der Waals surface area contributed by atoms with E-state index in [0.717, 1.165) is 25.7 Å². The average Bonchev–Trinajstić information content (AvgIpc) is 2.55. The average molecular weight is 333 g/mol. The topological polar surface area (TPSA) is 111 Å². The van der Waals surface area contributed by atoms with Crippen molar-refractivity contribution in [1.29, 1.82) is 5.26 Å². The number of aromatic nitrogens is 2. The van der Waals surface area contributed by atoms with Crippen LogP contribution < -0.4 is 16.2 Å². The van der Waals surface area contributed by atoms with E-state index in [4.69, 9.17) is 33.7 Å². The van der Waals surface area contributed by atoms with Crippen LogP contribution in [0.1, 0.15) is 44.2 Å². The van der Waals surface area contributed by atoms with Crippen molar-refractivity contribution in [3.8, 4) is 12.1 Å². The molecule has 0 bridgehead atoms. The maximum atomic E-state index is 9.11. The Balaban J connectivity index is 2.76. The van der Waals surface area contributed by atoms with Crippen LogP contribution in [0.3, 0.4) is 0 Å². The smallest absolute Gasteiger partial charge is 0.316 e. The quantitative estimate of drug-likeness (QED) is 0.499. The molecule has 0 saturated heterocycles. The fourth-order valence-corrected chi connectivity index (χ4v) is 2.10. The van der Waals surface area contributed by atoms with Crippen molar-refractivity contribution >= 4 is 17.2 Å². The van der Waals surface area contributed by atoms with Crippen LogP contribution in [0.4, 0.5) is 0 Å². The highest BCUT2D eigenvalue weighted by Gasteiger charge is 2.16. The zero-order chi connectivity index (χ0) is 17.1. The molecule has 0 amide bonds. The predicted molar refractivity (Wildman–Crippen MR) is 93.9 cm³/mol. The van der Waals surface area contributed by atoms with Crippen molar-refractivity contribution in [3.05, 3.63) is 29.6 Å². The van der Waals surface area contributed by atoms with Gasteiger partial charge < -0.3 is 16.2 Å². The summed E-state index contributed by atoms with van der Waals surface area (Å²) in [5.74, 6) is -0.734. The Labute approximate surface area is 142 Å². The fourth-order valence-electron chi connectivity index (χ4n) is 1.93. The lowest BCUT2D eigenvalue weighted by Crippen LogP contribution is -2.19. The molecule has 0 spiro atoms. The molecule has 23 heavy (non-hydrogen) atoms. The number of nitrogens with two attached hydrogens (primary N) is 2. The van der Waals surface area contributed by atoms with Crippen molar-refractivity contribution in [2.45, 2.75) is 38.5 Å². The monoisotopic (exact) mass is 333 g/mol. The Morgan fingerprint density at radius 2 is 2.35 bits per heavy atom. The molecular weight excluding hydrogens is 310 g/mol. The van der Waals surface area contributed by atoms with Gasteiger partial charge in [-0.2, -0.15) is 10.2 Å². The number of hydrogen-bond acceptors (Lipinski definition) is 6. The molecule has 1 aromatic heterocycles. The van der Waals surface area contributed by atoms with E-state index in [1.54, 1.807) is 6.07 Å². The molecular formula is C16H23N5OS. The minimum atomic E-state index is -0.734. The molecule has 7 heteroatoms. The van der Waals surface area contributed by atoms with Gasteiger partial charge >= 0.3 is 6.01 Å². The predicted octanol–water partition coefficient (Wildman–Crippen LogP) is 2.21. The Kier molecular flexibility index (Phi) is 8.80. The number of rotatable bonds is 10. The Morgan fingerprint density at radius 1 is 1.57 bits per heavy atom. The molecule has 1 atom stereocenters. The van der Waals surface area contributed by atoms with Crippen molar-refractivity contribution in [2.24, 2.45) is 11.5 Å². The van der Waals surface area contributed by atoms with Crippen LogP contribution >= 0.6 is 12.2 Å². The van der Waals surface area contributed by atoms with E-state index in [0.29, 0.717) is 18.8 Å². The second-order valence-corrected chi connectivity index (χ2v) is 5.53. The summed E-state index contributed by atoms with van der Waals surface area (Å²) in [4.78, 5) is 8.38. The van der Waals surface area contributed by atoms with Gasteiger partial charge in [0.1, 0.15) is 12.5 Å². The first-order valence-corrected chi connectivity index (χ1v) is 8.05. The Hall–Kier alpha value is -2.04. The number of unbranched alkanes of at least 4 members (excludes halogenated alkanes) is 1. The van der Waals surface area contributed by atoms with Gasteiger partial charge in [-0.25, -0.2) is 4.98 Å². The molecule has 124 valence electrons. The van der Waals surface area contributed by atoms with E-state index in [-0.39, 0.29) is 11.0 Å². The summed E-state index contributed by atoms with van der Waals surface area (Å²) in [7, 11) is 0. The molecule has 0 aromatic carbocycles. The van der Waals surface area contributed by atoms with E-state index in [1.165, 1.54) is 11.8 Å². The van der Waals surface area contributed by atoms with Gasteiger partial charge in [-0.05, 0) is 37.4 Å². The highest BCUT2D eigenvalue weighted by Crippen LogP contribution is 2.16. The van der Waals surface area contributed by atoms with Crippen molar-refractivity contribution in [2.75, 3.05) is 13.2 Å². The third-order valence-electron chi connectivity index (χ3n) is 3.17. The first kappa shape index (κ1) is 19.0. The van der Waals surface area contributed by atoms with E-state index >= 15 is 0 Å². The summed E-state index contributed by atoms with van der Waals surface area (Å²) in [6.07, 6.45) is 7.60. The molecule has 1 aromatic rings. The molecule has 0 aliphatic carbocycles. The first-order chi connectivity index (χ1) is 11.1. The van der Waals surface area contributed by atoms with E-state index in [9.17, 15) is 0 Å². The summed E-state index contributed by atoms with van der Waals surface area (Å²) in [5.41, 5.74) is 12.7. The minimum Gasteiger partial charge on any atom is -0.459 e. The van der Waals surface area contributed by atoms with Crippen LogP contribution in [0.2, 0.25) is 0 Å². The lowest BCUT2D eigenvalue weighted by atomic mass is 10.1. The van der Waals surface area contributed by atoms with Crippen LogP contribution in [-0.4, -0.2) is 28.1 Å². The number of nitrogens with zero attached hydrogens (tertiary/aromatic N) is 3. The van der Waals surface area contributed by atoms with E-state index in [1.807, 2.05) is 6.07 Å². The van der Waals surface area contributed by atoms with Crippen molar-refractivity contribution in [3.63, 3.8) is 0 Å². The van der Waals surface area contributed by atoms with Gasteiger partial charge in [0.05, 0.1) is 16.8 Å². The largest absolute Gasteiger partial charge is 0.459 e. The van der Waals surface area contributed by atoms with Gasteiger partial charge in [-0.15, -0.1) is 0 Å². The van der Waals surface area contributed by atoms with Gasteiger partial charge in [-0.3, -0.25) is 0 Å². The van der Waals surface area contributed by atoms with Gasteiger partial charge in [-0.1, -0.05) is 31.6 Å². The number of allylic oxidation sites excluding steroid dienone is 1. The summed E-state index contributed by atoms with van der Waals surface area (Å²) in [6, 6.07) is 3.86. The molecule has 0 radical (unpaired) electrons. The highest BCUT2D eigenvalue weighted by atomic mass is 32.1. The molecule has 0 aliphatic heterocycles. The molecule has 1 heterocycles. The highest BCUT2D eigenvalue weighted by molar-refractivity contribution is 7.80. The van der Waals surface area contributed by atoms with Gasteiger partial charge in [0.2, 0.25) is 0 Å². The van der Waals surface area contributed by atoms with Crippen LogP contribution in [0.25, 0.3) is 0 Å². The van der Waals surface area contributed by atoms with Crippen LogP contribution in [-0.2, 0) is 0 Å². The van der Waals surface area contributed by atoms with E-state index in [2.05, 4.69) is 23.0 Å². The molecule has 6 nitrogen and oxygen atoms in total.